The third-order valence-corrected chi connectivity index (χ3v) is 3.46. The first-order valence-corrected chi connectivity index (χ1v) is 6.17. The zero-order valence-corrected chi connectivity index (χ0v) is 10.6. The molecule has 0 heterocycles. The molecule has 0 spiro atoms. The van der Waals surface area contributed by atoms with E-state index in [1.54, 1.807) is 0 Å². The smallest absolute Gasteiger partial charge is 0.0537 e. The first-order chi connectivity index (χ1) is 8.71. The van der Waals surface area contributed by atoms with E-state index in [1.165, 1.54) is 0 Å². The van der Waals surface area contributed by atoms with Crippen LogP contribution >= 0.6 is 0 Å². The molecule has 0 radical (unpaired) electrons. The Kier molecular flexibility index (Phi) is 3.80. The topological polar surface area (TPSA) is 46.2 Å². The Balaban J connectivity index is 2.57. The third kappa shape index (κ3) is 2.30. The van der Waals surface area contributed by atoms with Crippen molar-refractivity contribution in [2.45, 2.75) is 12.3 Å². The zero-order chi connectivity index (χ0) is 13.0. The largest absolute Gasteiger partial charge is 0.395 e. The lowest BCUT2D eigenvalue weighted by Crippen LogP contribution is -2.36. The molecular weight excluding hydrogens is 222 g/mol. The van der Waals surface area contributed by atoms with E-state index >= 15 is 0 Å². The van der Waals surface area contributed by atoms with Crippen molar-refractivity contribution >= 4 is 0 Å². The summed E-state index contributed by atoms with van der Waals surface area (Å²) in [5.41, 5.74) is 8.83. The SMILES string of the molecule is CC(CN)(CO)c1ccccc1-c1ccccc1. The van der Waals surface area contributed by atoms with Crippen LogP contribution in [0.3, 0.4) is 0 Å². The van der Waals surface area contributed by atoms with E-state index in [0.717, 1.165) is 16.7 Å². The molecular formula is C16H19NO. The van der Waals surface area contributed by atoms with Crippen molar-refractivity contribution in [3.05, 3.63) is 60.2 Å². The molecule has 2 aromatic rings. The minimum absolute atomic E-state index is 0.0490. The van der Waals surface area contributed by atoms with Crippen LogP contribution < -0.4 is 5.73 Å². The van der Waals surface area contributed by atoms with Gasteiger partial charge in [-0.2, -0.15) is 0 Å². The summed E-state index contributed by atoms with van der Waals surface area (Å²) < 4.78 is 0. The van der Waals surface area contributed by atoms with E-state index in [4.69, 9.17) is 5.73 Å². The Bertz CT molecular complexity index is 504. The summed E-state index contributed by atoms with van der Waals surface area (Å²) >= 11 is 0. The molecule has 18 heavy (non-hydrogen) atoms. The van der Waals surface area contributed by atoms with Gasteiger partial charge >= 0.3 is 0 Å². The number of benzene rings is 2. The molecule has 1 atom stereocenters. The van der Waals surface area contributed by atoms with Crippen molar-refractivity contribution in [2.75, 3.05) is 13.2 Å². The highest BCUT2D eigenvalue weighted by atomic mass is 16.3. The lowest BCUT2D eigenvalue weighted by molar-refractivity contribution is 0.210. The van der Waals surface area contributed by atoms with Crippen LogP contribution in [0, 0.1) is 0 Å². The first-order valence-electron chi connectivity index (χ1n) is 6.17. The van der Waals surface area contributed by atoms with Gasteiger partial charge in [-0.15, -0.1) is 0 Å². The van der Waals surface area contributed by atoms with Crippen molar-refractivity contribution in [2.24, 2.45) is 5.73 Å². The fourth-order valence-corrected chi connectivity index (χ4v) is 2.14. The van der Waals surface area contributed by atoms with Crippen LogP contribution in [-0.2, 0) is 5.41 Å². The van der Waals surface area contributed by atoms with Crippen molar-refractivity contribution in [1.82, 2.24) is 0 Å². The number of hydrogen-bond donors (Lipinski definition) is 2. The number of nitrogens with two attached hydrogens (primary N) is 1. The molecule has 0 aromatic heterocycles. The van der Waals surface area contributed by atoms with Crippen LogP contribution in [0.25, 0.3) is 11.1 Å². The van der Waals surface area contributed by atoms with Crippen molar-refractivity contribution < 1.29 is 5.11 Å². The third-order valence-electron chi connectivity index (χ3n) is 3.46. The van der Waals surface area contributed by atoms with Gasteiger partial charge in [-0.1, -0.05) is 61.5 Å². The Morgan fingerprint density at radius 3 is 2.22 bits per heavy atom. The van der Waals surface area contributed by atoms with Gasteiger partial charge in [0, 0.05) is 12.0 Å². The van der Waals surface area contributed by atoms with E-state index < -0.39 is 5.41 Å². The highest BCUT2D eigenvalue weighted by molar-refractivity contribution is 5.68. The lowest BCUT2D eigenvalue weighted by Gasteiger charge is -2.28. The highest BCUT2D eigenvalue weighted by Crippen LogP contribution is 2.32. The van der Waals surface area contributed by atoms with Gasteiger partial charge in [0.1, 0.15) is 0 Å². The van der Waals surface area contributed by atoms with Crippen LogP contribution in [0.5, 0.6) is 0 Å². The van der Waals surface area contributed by atoms with E-state index in [2.05, 4.69) is 18.2 Å². The molecule has 0 saturated carbocycles. The molecule has 1 unspecified atom stereocenters. The van der Waals surface area contributed by atoms with Crippen LogP contribution in [0.2, 0.25) is 0 Å². The summed E-state index contributed by atoms with van der Waals surface area (Å²) in [6.45, 7) is 2.47. The maximum atomic E-state index is 9.63. The number of rotatable bonds is 4. The summed E-state index contributed by atoms with van der Waals surface area (Å²) in [4.78, 5) is 0. The molecule has 0 fully saturated rings. The van der Waals surface area contributed by atoms with Gasteiger partial charge in [0.15, 0.2) is 0 Å². The van der Waals surface area contributed by atoms with E-state index in [0.29, 0.717) is 6.54 Å². The number of aliphatic hydroxyl groups excluding tert-OH is 1. The normalized spacial score (nSPS) is 14.2. The second kappa shape index (κ2) is 5.34. The molecule has 0 saturated heterocycles. The van der Waals surface area contributed by atoms with E-state index in [-0.39, 0.29) is 6.61 Å². The van der Waals surface area contributed by atoms with Crippen LogP contribution in [0.1, 0.15) is 12.5 Å². The van der Waals surface area contributed by atoms with Crippen molar-refractivity contribution in [3.63, 3.8) is 0 Å². The summed E-state index contributed by atoms with van der Waals surface area (Å²) in [5, 5.41) is 9.63. The maximum absolute atomic E-state index is 9.63. The Morgan fingerprint density at radius 2 is 1.61 bits per heavy atom. The van der Waals surface area contributed by atoms with Gasteiger partial charge in [-0.3, -0.25) is 0 Å². The van der Waals surface area contributed by atoms with Gasteiger partial charge in [0.05, 0.1) is 6.61 Å². The Morgan fingerprint density at radius 1 is 1.00 bits per heavy atom. The summed E-state index contributed by atoms with van der Waals surface area (Å²) in [6.07, 6.45) is 0. The first kappa shape index (κ1) is 12.8. The highest BCUT2D eigenvalue weighted by Gasteiger charge is 2.26. The standard InChI is InChI=1S/C16H19NO/c1-16(11-17,12-18)15-10-6-5-9-14(15)13-7-3-2-4-8-13/h2-10,18H,11-12,17H2,1H3. The Hall–Kier alpha value is -1.64. The fraction of sp³-hybridized carbons (Fsp3) is 0.250. The molecule has 0 bridgehead atoms. The van der Waals surface area contributed by atoms with Crippen LogP contribution in [0.15, 0.2) is 54.6 Å². The minimum atomic E-state index is -0.396. The molecule has 0 amide bonds. The quantitative estimate of drug-likeness (QED) is 0.864. The predicted octanol–water partition coefficient (Wildman–Crippen LogP) is 2.56. The van der Waals surface area contributed by atoms with E-state index in [9.17, 15) is 5.11 Å². The van der Waals surface area contributed by atoms with Crippen LogP contribution in [-0.4, -0.2) is 18.3 Å². The minimum Gasteiger partial charge on any atom is -0.395 e. The average Bonchev–Trinajstić information content (AvgIpc) is 2.47. The molecule has 94 valence electrons. The summed E-state index contributed by atoms with van der Waals surface area (Å²) in [5.74, 6) is 0. The van der Waals surface area contributed by atoms with Gasteiger partial charge in [0.25, 0.3) is 0 Å². The molecule has 2 heteroatoms. The van der Waals surface area contributed by atoms with Crippen molar-refractivity contribution in [1.29, 1.82) is 0 Å². The Labute approximate surface area is 108 Å². The predicted molar refractivity (Wildman–Crippen MR) is 75.4 cm³/mol. The molecule has 2 rings (SSSR count). The molecule has 0 aliphatic heterocycles. The summed E-state index contributed by atoms with van der Waals surface area (Å²) in [7, 11) is 0. The van der Waals surface area contributed by atoms with Gasteiger partial charge in [-0.25, -0.2) is 0 Å². The average molecular weight is 241 g/mol. The van der Waals surface area contributed by atoms with Crippen LogP contribution in [0.4, 0.5) is 0 Å². The van der Waals surface area contributed by atoms with Gasteiger partial charge in [0.2, 0.25) is 0 Å². The van der Waals surface area contributed by atoms with Gasteiger partial charge in [-0.05, 0) is 16.7 Å². The fourth-order valence-electron chi connectivity index (χ4n) is 2.14. The number of hydrogen-bond acceptors (Lipinski definition) is 2. The zero-order valence-electron chi connectivity index (χ0n) is 10.6. The lowest BCUT2D eigenvalue weighted by atomic mass is 9.79. The monoisotopic (exact) mass is 241 g/mol. The second-order valence-electron chi connectivity index (χ2n) is 4.83. The summed E-state index contributed by atoms with van der Waals surface area (Å²) in [6, 6.07) is 18.3. The van der Waals surface area contributed by atoms with Crippen molar-refractivity contribution in [3.8, 4) is 11.1 Å². The second-order valence-corrected chi connectivity index (χ2v) is 4.83. The molecule has 0 aliphatic carbocycles. The molecule has 0 aliphatic rings. The van der Waals surface area contributed by atoms with E-state index in [1.807, 2.05) is 43.3 Å². The van der Waals surface area contributed by atoms with Gasteiger partial charge < -0.3 is 10.8 Å². The molecule has 3 N–H and O–H groups in total. The number of aliphatic hydroxyl groups is 1. The maximum Gasteiger partial charge on any atom is 0.0537 e. The molecule has 2 aromatic carbocycles. The molecule has 2 nitrogen and oxygen atoms in total.